The lowest BCUT2D eigenvalue weighted by Gasteiger charge is -2.04. The predicted octanol–water partition coefficient (Wildman–Crippen LogP) is 2.21. The van der Waals surface area contributed by atoms with E-state index in [2.05, 4.69) is 15.9 Å². The lowest BCUT2D eigenvalue weighted by atomic mass is 10.1. The smallest absolute Gasteiger partial charge is 0.326 e. The molecule has 6 nitrogen and oxygen atoms in total. The number of rotatable bonds is 3. The Bertz CT molecular complexity index is 530. The number of hydrogen-bond donors (Lipinski definition) is 2. The molecule has 1 amide bonds. The number of halogens is 2. The Morgan fingerprint density at radius 1 is 1.65 bits per heavy atom. The van der Waals surface area contributed by atoms with Crippen LogP contribution in [0.1, 0.15) is 5.56 Å². The number of carbonyl (C=O) groups excluding carboxylic acids is 1. The zero-order valence-electron chi connectivity index (χ0n) is 8.18. The third kappa shape index (κ3) is 2.95. The van der Waals surface area contributed by atoms with Crippen LogP contribution in [-0.4, -0.2) is 15.9 Å². The average molecular weight is 322 g/mol. The van der Waals surface area contributed by atoms with Crippen LogP contribution in [-0.2, 0) is 4.79 Å². The quantitative estimate of drug-likeness (QED) is 0.505. The number of phenols is 1. The minimum absolute atomic E-state index is 0.0297. The van der Waals surface area contributed by atoms with E-state index in [9.17, 15) is 20.0 Å². The normalized spacial score (nSPS) is 10.7. The highest BCUT2D eigenvalue weighted by molar-refractivity contribution is 9.10. The number of nitrogens with two attached hydrogens (primary N) is 1. The lowest BCUT2D eigenvalue weighted by molar-refractivity contribution is -0.386. The summed E-state index contributed by atoms with van der Waals surface area (Å²) in [6, 6.07) is 1.27. The van der Waals surface area contributed by atoms with Gasteiger partial charge in [0.15, 0.2) is 0 Å². The van der Waals surface area contributed by atoms with Crippen LogP contribution in [0.3, 0.4) is 0 Å². The summed E-state index contributed by atoms with van der Waals surface area (Å²) >= 11 is 8.63. The Morgan fingerprint density at radius 3 is 2.71 bits per heavy atom. The van der Waals surface area contributed by atoms with Gasteiger partial charge < -0.3 is 10.8 Å². The lowest BCUT2D eigenvalue weighted by Crippen LogP contribution is -2.05. The Hall–Kier alpha value is -1.60. The number of nitro groups is 1. The SMILES string of the molecule is NC(=O)/C=C/c1cc(Cl)c(Br)c([N+](=O)[O-])c1O. The van der Waals surface area contributed by atoms with Crippen molar-refractivity contribution in [3.8, 4) is 5.75 Å². The monoisotopic (exact) mass is 320 g/mol. The Morgan fingerprint density at radius 2 is 2.24 bits per heavy atom. The van der Waals surface area contributed by atoms with Crippen LogP contribution in [0.4, 0.5) is 5.69 Å². The summed E-state index contributed by atoms with van der Waals surface area (Å²) in [6.07, 6.45) is 2.10. The fourth-order valence-corrected chi connectivity index (χ4v) is 1.74. The van der Waals surface area contributed by atoms with E-state index in [0.717, 1.165) is 12.2 Å². The van der Waals surface area contributed by atoms with Crippen molar-refractivity contribution in [1.29, 1.82) is 0 Å². The molecule has 0 spiro atoms. The molecule has 0 saturated carbocycles. The maximum atomic E-state index is 10.7. The van der Waals surface area contributed by atoms with Gasteiger partial charge in [0.2, 0.25) is 11.7 Å². The predicted molar refractivity (Wildman–Crippen MR) is 65.7 cm³/mol. The van der Waals surface area contributed by atoms with Gasteiger partial charge in [-0.25, -0.2) is 0 Å². The fourth-order valence-electron chi connectivity index (χ4n) is 1.09. The number of aromatic hydroxyl groups is 1. The first-order chi connectivity index (χ1) is 7.84. The molecule has 0 atom stereocenters. The van der Waals surface area contributed by atoms with Gasteiger partial charge in [-0.3, -0.25) is 14.9 Å². The Kier molecular flexibility index (Phi) is 4.08. The van der Waals surface area contributed by atoms with Crippen molar-refractivity contribution in [1.82, 2.24) is 0 Å². The molecule has 1 aromatic rings. The molecule has 0 bridgehead atoms. The van der Waals surface area contributed by atoms with Gasteiger partial charge in [-0.2, -0.15) is 0 Å². The van der Waals surface area contributed by atoms with Crippen LogP contribution >= 0.6 is 27.5 Å². The van der Waals surface area contributed by atoms with E-state index in [-0.39, 0.29) is 15.1 Å². The van der Waals surface area contributed by atoms with Crippen molar-refractivity contribution < 1.29 is 14.8 Å². The van der Waals surface area contributed by atoms with E-state index in [0.29, 0.717) is 0 Å². The van der Waals surface area contributed by atoms with Gasteiger partial charge in [-0.05, 0) is 28.1 Å². The van der Waals surface area contributed by atoms with Gasteiger partial charge in [0, 0.05) is 11.6 Å². The van der Waals surface area contributed by atoms with Crippen LogP contribution in [0.15, 0.2) is 16.6 Å². The molecule has 0 unspecified atom stereocenters. The molecule has 17 heavy (non-hydrogen) atoms. The van der Waals surface area contributed by atoms with E-state index in [1.165, 1.54) is 6.07 Å². The summed E-state index contributed by atoms with van der Waals surface area (Å²) in [5.41, 5.74) is 4.34. The van der Waals surface area contributed by atoms with Crippen molar-refractivity contribution in [3.05, 3.63) is 37.3 Å². The van der Waals surface area contributed by atoms with Crippen molar-refractivity contribution in [3.63, 3.8) is 0 Å². The van der Waals surface area contributed by atoms with Gasteiger partial charge in [0.25, 0.3) is 0 Å². The molecule has 0 radical (unpaired) electrons. The second kappa shape index (κ2) is 5.15. The molecule has 0 aliphatic carbocycles. The first kappa shape index (κ1) is 13.5. The first-order valence-electron chi connectivity index (χ1n) is 4.17. The topological polar surface area (TPSA) is 106 Å². The highest BCUT2D eigenvalue weighted by Gasteiger charge is 2.23. The number of hydrogen-bond acceptors (Lipinski definition) is 4. The minimum atomic E-state index is -0.785. The van der Waals surface area contributed by atoms with Gasteiger partial charge in [0.05, 0.1) is 9.95 Å². The van der Waals surface area contributed by atoms with Crippen LogP contribution in [0.5, 0.6) is 5.75 Å². The van der Waals surface area contributed by atoms with Crippen molar-refractivity contribution in [2.75, 3.05) is 0 Å². The van der Waals surface area contributed by atoms with Gasteiger partial charge in [-0.1, -0.05) is 11.6 Å². The second-order valence-electron chi connectivity index (χ2n) is 2.95. The van der Waals surface area contributed by atoms with Crippen LogP contribution in [0.2, 0.25) is 5.02 Å². The zero-order valence-corrected chi connectivity index (χ0v) is 10.5. The zero-order chi connectivity index (χ0) is 13.2. The van der Waals surface area contributed by atoms with Crippen molar-refractivity contribution >= 4 is 45.2 Å². The molecule has 0 aliphatic heterocycles. The molecule has 3 N–H and O–H groups in total. The molecule has 90 valence electrons. The number of phenolic OH excluding ortho intramolecular Hbond substituents is 1. The number of amides is 1. The van der Waals surface area contributed by atoms with E-state index < -0.39 is 22.3 Å². The first-order valence-corrected chi connectivity index (χ1v) is 5.34. The van der Waals surface area contributed by atoms with E-state index in [1.807, 2.05) is 0 Å². The third-order valence-electron chi connectivity index (χ3n) is 1.81. The third-order valence-corrected chi connectivity index (χ3v) is 3.14. The number of primary amides is 1. The summed E-state index contributed by atoms with van der Waals surface area (Å²) in [7, 11) is 0. The highest BCUT2D eigenvalue weighted by Crippen LogP contribution is 2.42. The molecule has 0 aliphatic rings. The number of nitrogens with zero attached hydrogens (tertiary/aromatic N) is 1. The average Bonchev–Trinajstić information content (AvgIpc) is 2.21. The molecule has 0 heterocycles. The van der Waals surface area contributed by atoms with Gasteiger partial charge in [0.1, 0.15) is 4.47 Å². The molecule has 1 aromatic carbocycles. The highest BCUT2D eigenvalue weighted by atomic mass is 79.9. The number of carbonyl (C=O) groups is 1. The summed E-state index contributed by atoms with van der Waals surface area (Å²) in [5.74, 6) is -1.34. The molecule has 8 heteroatoms. The fraction of sp³-hybridized carbons (Fsp3) is 0. The number of nitro benzene ring substituents is 1. The summed E-state index contributed by atoms with van der Waals surface area (Å²) in [6.45, 7) is 0. The molecular formula is C9H6BrClN2O4. The Balaban J connectivity index is 3.44. The van der Waals surface area contributed by atoms with Gasteiger partial charge >= 0.3 is 5.69 Å². The van der Waals surface area contributed by atoms with E-state index >= 15 is 0 Å². The van der Waals surface area contributed by atoms with E-state index in [4.69, 9.17) is 17.3 Å². The maximum absolute atomic E-state index is 10.7. The van der Waals surface area contributed by atoms with Crippen LogP contribution < -0.4 is 5.73 Å². The molecular weight excluding hydrogens is 315 g/mol. The summed E-state index contributed by atoms with van der Waals surface area (Å²) in [5, 5.41) is 20.4. The van der Waals surface area contributed by atoms with Gasteiger partial charge in [-0.15, -0.1) is 0 Å². The standard InChI is InChI=1S/C9H6BrClN2O4/c10-7-5(11)3-4(1-2-6(12)14)9(15)8(7)13(16)17/h1-3,15H,(H2,12,14)/b2-1+. The van der Waals surface area contributed by atoms with Crippen LogP contribution in [0, 0.1) is 10.1 Å². The molecule has 1 rings (SSSR count). The van der Waals surface area contributed by atoms with E-state index in [1.54, 1.807) is 0 Å². The second-order valence-corrected chi connectivity index (χ2v) is 4.15. The van der Waals surface area contributed by atoms with Crippen molar-refractivity contribution in [2.24, 2.45) is 5.73 Å². The van der Waals surface area contributed by atoms with Crippen molar-refractivity contribution in [2.45, 2.75) is 0 Å². The molecule has 0 fully saturated rings. The van der Waals surface area contributed by atoms with Crippen LogP contribution in [0.25, 0.3) is 6.08 Å². The minimum Gasteiger partial charge on any atom is -0.502 e. The summed E-state index contributed by atoms with van der Waals surface area (Å²) in [4.78, 5) is 20.5. The largest absolute Gasteiger partial charge is 0.502 e. The number of benzene rings is 1. The maximum Gasteiger partial charge on any atom is 0.326 e. The molecule has 0 aromatic heterocycles. The Labute approximate surface area is 109 Å². The molecule has 0 saturated heterocycles. The summed E-state index contributed by atoms with van der Waals surface area (Å²) < 4.78 is -0.0297.